The lowest BCUT2D eigenvalue weighted by atomic mass is 10.1. The van der Waals surface area contributed by atoms with Gasteiger partial charge in [-0.3, -0.25) is 14.4 Å². The first kappa shape index (κ1) is 14.6. The predicted octanol–water partition coefficient (Wildman–Crippen LogP) is -2.28. The molecule has 2 atom stereocenters. The summed E-state index contributed by atoms with van der Waals surface area (Å²) >= 11 is 0. The molecule has 104 valence electrons. The van der Waals surface area contributed by atoms with Crippen molar-refractivity contribution in [3.05, 3.63) is 18.2 Å². The Morgan fingerprint density at radius 3 is 2.63 bits per heavy atom. The van der Waals surface area contributed by atoms with E-state index in [4.69, 9.17) is 16.6 Å². The fourth-order valence-corrected chi connectivity index (χ4v) is 1.40. The van der Waals surface area contributed by atoms with Gasteiger partial charge in [0.25, 0.3) is 0 Å². The minimum absolute atomic E-state index is 0.126. The Kier molecular flexibility index (Phi) is 5.01. The van der Waals surface area contributed by atoms with E-state index in [-0.39, 0.29) is 6.42 Å². The van der Waals surface area contributed by atoms with E-state index in [0.717, 1.165) is 0 Å². The maximum Gasteiger partial charge on any atom is 0.305 e. The largest absolute Gasteiger partial charge is 0.481 e. The van der Waals surface area contributed by atoms with Crippen molar-refractivity contribution >= 4 is 17.8 Å². The molecule has 0 aromatic carbocycles. The fourth-order valence-electron chi connectivity index (χ4n) is 1.40. The molecule has 0 radical (unpaired) electrons. The van der Waals surface area contributed by atoms with Crippen LogP contribution in [0, 0.1) is 0 Å². The van der Waals surface area contributed by atoms with Crippen LogP contribution in [0.2, 0.25) is 0 Å². The number of aliphatic carboxylic acids is 1. The number of aromatic nitrogens is 2. The first-order chi connectivity index (χ1) is 8.90. The van der Waals surface area contributed by atoms with Crippen molar-refractivity contribution in [1.82, 2.24) is 15.3 Å². The number of hydrogen-bond donors (Lipinski definition) is 5. The summed E-state index contributed by atoms with van der Waals surface area (Å²) in [4.78, 5) is 39.8. The highest BCUT2D eigenvalue weighted by Gasteiger charge is 2.23. The number of primary amides is 1. The number of nitrogens with two attached hydrogens (primary N) is 2. The molecule has 7 N–H and O–H groups in total. The number of nitrogens with zero attached hydrogens (tertiary/aromatic N) is 1. The Bertz CT molecular complexity index is 458. The maximum atomic E-state index is 11.6. The molecule has 1 heterocycles. The van der Waals surface area contributed by atoms with Crippen LogP contribution in [-0.4, -0.2) is 44.9 Å². The second kappa shape index (κ2) is 6.50. The van der Waals surface area contributed by atoms with Gasteiger partial charge in [-0.2, -0.15) is 0 Å². The number of amides is 2. The van der Waals surface area contributed by atoms with Gasteiger partial charge in [-0.05, 0) is 0 Å². The Morgan fingerprint density at radius 1 is 1.47 bits per heavy atom. The zero-order valence-electron chi connectivity index (χ0n) is 10.00. The van der Waals surface area contributed by atoms with Gasteiger partial charge in [-0.15, -0.1) is 0 Å². The van der Waals surface area contributed by atoms with Crippen molar-refractivity contribution in [3.63, 3.8) is 0 Å². The van der Waals surface area contributed by atoms with Crippen molar-refractivity contribution in [2.75, 3.05) is 0 Å². The molecular weight excluding hydrogens is 254 g/mol. The third-order valence-electron chi connectivity index (χ3n) is 2.37. The van der Waals surface area contributed by atoms with Gasteiger partial charge in [0, 0.05) is 18.3 Å². The molecule has 9 nitrogen and oxygen atoms in total. The van der Waals surface area contributed by atoms with Crippen molar-refractivity contribution in [3.8, 4) is 0 Å². The smallest absolute Gasteiger partial charge is 0.305 e. The molecule has 1 aromatic heterocycles. The molecule has 0 aliphatic carbocycles. The Hall–Kier alpha value is -2.42. The van der Waals surface area contributed by atoms with Gasteiger partial charge in [0.2, 0.25) is 11.8 Å². The summed E-state index contributed by atoms with van der Waals surface area (Å²) in [5, 5.41) is 10.8. The molecule has 1 aromatic rings. The number of carboxylic acids is 1. The summed E-state index contributed by atoms with van der Waals surface area (Å²) in [6, 6.07) is -2.21. The zero-order chi connectivity index (χ0) is 14.4. The molecule has 0 saturated carbocycles. The van der Waals surface area contributed by atoms with E-state index in [0.29, 0.717) is 5.69 Å². The normalized spacial score (nSPS) is 13.5. The molecule has 19 heavy (non-hydrogen) atoms. The number of carbonyl (C=O) groups is 3. The van der Waals surface area contributed by atoms with Crippen molar-refractivity contribution in [2.45, 2.75) is 24.9 Å². The third-order valence-corrected chi connectivity index (χ3v) is 2.37. The van der Waals surface area contributed by atoms with Crippen LogP contribution < -0.4 is 16.8 Å². The molecule has 0 aliphatic rings. The van der Waals surface area contributed by atoms with Crippen LogP contribution in [0.5, 0.6) is 0 Å². The monoisotopic (exact) mass is 269 g/mol. The molecular formula is C10H15N5O4. The van der Waals surface area contributed by atoms with Crippen LogP contribution >= 0.6 is 0 Å². The van der Waals surface area contributed by atoms with Crippen LogP contribution in [0.15, 0.2) is 12.5 Å². The van der Waals surface area contributed by atoms with Crippen LogP contribution in [0.1, 0.15) is 12.1 Å². The molecule has 0 spiro atoms. The summed E-state index contributed by atoms with van der Waals surface area (Å²) in [7, 11) is 0. The standard InChI is InChI=1S/C10H15N5O4/c11-6(2-8(16)17)10(19)15-7(9(12)18)1-5-3-13-4-14-5/h3-4,6-7H,1-2,11H2,(H2,12,18)(H,13,14)(H,15,19)(H,16,17)/t6-,7-/m0/s1. The first-order valence-electron chi connectivity index (χ1n) is 5.44. The van der Waals surface area contributed by atoms with Crippen molar-refractivity contribution in [2.24, 2.45) is 11.5 Å². The van der Waals surface area contributed by atoms with Gasteiger partial charge in [-0.1, -0.05) is 0 Å². The van der Waals surface area contributed by atoms with Crippen molar-refractivity contribution < 1.29 is 19.5 Å². The molecule has 0 saturated heterocycles. The Morgan fingerprint density at radius 2 is 2.16 bits per heavy atom. The average molecular weight is 269 g/mol. The lowest BCUT2D eigenvalue weighted by Gasteiger charge is -2.17. The minimum atomic E-state index is -1.24. The van der Waals surface area contributed by atoms with Gasteiger partial charge in [0.1, 0.15) is 6.04 Å². The number of aromatic amines is 1. The molecule has 0 unspecified atom stereocenters. The molecule has 0 fully saturated rings. The number of rotatable bonds is 7. The summed E-state index contributed by atoms with van der Waals surface area (Å²) in [5.74, 6) is -2.69. The number of nitrogens with one attached hydrogen (secondary N) is 2. The van der Waals surface area contributed by atoms with E-state index >= 15 is 0 Å². The van der Waals surface area contributed by atoms with Gasteiger partial charge >= 0.3 is 5.97 Å². The maximum absolute atomic E-state index is 11.6. The fraction of sp³-hybridized carbons (Fsp3) is 0.400. The quantitative estimate of drug-likeness (QED) is 0.374. The number of H-pyrrole nitrogens is 1. The van der Waals surface area contributed by atoms with E-state index in [1.165, 1.54) is 12.5 Å². The molecule has 1 rings (SSSR count). The van der Waals surface area contributed by atoms with E-state index in [1.54, 1.807) is 0 Å². The number of imidazole rings is 1. The van der Waals surface area contributed by atoms with E-state index in [2.05, 4.69) is 15.3 Å². The third kappa shape index (κ3) is 4.76. The average Bonchev–Trinajstić information content (AvgIpc) is 2.79. The minimum Gasteiger partial charge on any atom is -0.481 e. The van der Waals surface area contributed by atoms with Crippen LogP contribution in [0.4, 0.5) is 0 Å². The summed E-state index contributed by atoms with van der Waals surface area (Å²) in [5.41, 5.74) is 11.1. The van der Waals surface area contributed by atoms with Gasteiger partial charge < -0.3 is 26.9 Å². The highest BCUT2D eigenvalue weighted by atomic mass is 16.4. The summed E-state index contributed by atoms with van der Waals surface area (Å²) in [6.07, 6.45) is 2.51. The van der Waals surface area contributed by atoms with Crippen molar-refractivity contribution in [1.29, 1.82) is 0 Å². The summed E-state index contributed by atoms with van der Waals surface area (Å²) in [6.45, 7) is 0. The molecule has 9 heteroatoms. The van der Waals surface area contributed by atoms with Gasteiger partial charge in [0.15, 0.2) is 0 Å². The lowest BCUT2D eigenvalue weighted by molar-refractivity contribution is -0.139. The Labute approximate surface area is 108 Å². The second-order valence-electron chi connectivity index (χ2n) is 3.95. The summed E-state index contributed by atoms with van der Waals surface area (Å²) < 4.78 is 0. The van der Waals surface area contributed by atoms with E-state index in [1.807, 2.05) is 0 Å². The van der Waals surface area contributed by atoms with Crippen LogP contribution in [0.25, 0.3) is 0 Å². The van der Waals surface area contributed by atoms with Crippen LogP contribution in [0.3, 0.4) is 0 Å². The van der Waals surface area contributed by atoms with E-state index < -0.39 is 36.3 Å². The Balaban J connectivity index is 2.61. The predicted molar refractivity (Wildman–Crippen MR) is 63.6 cm³/mol. The number of hydrogen-bond acceptors (Lipinski definition) is 5. The van der Waals surface area contributed by atoms with Gasteiger partial charge in [-0.25, -0.2) is 4.98 Å². The number of carbonyl (C=O) groups excluding carboxylic acids is 2. The highest BCUT2D eigenvalue weighted by molar-refractivity contribution is 5.90. The first-order valence-corrected chi connectivity index (χ1v) is 5.44. The topological polar surface area (TPSA) is 164 Å². The SMILES string of the molecule is NC(=O)[C@H](Cc1cnc[nH]1)NC(=O)[C@@H](N)CC(=O)O. The van der Waals surface area contributed by atoms with Gasteiger partial charge in [0.05, 0.1) is 18.8 Å². The zero-order valence-corrected chi connectivity index (χ0v) is 10.00. The molecule has 0 bridgehead atoms. The second-order valence-corrected chi connectivity index (χ2v) is 3.95. The highest BCUT2D eigenvalue weighted by Crippen LogP contribution is 1.99. The number of carboxylic acid groups (broad SMARTS) is 1. The molecule has 2 amide bonds. The van der Waals surface area contributed by atoms with E-state index in [9.17, 15) is 14.4 Å². The molecule has 0 aliphatic heterocycles. The lowest BCUT2D eigenvalue weighted by Crippen LogP contribution is -2.51. The van der Waals surface area contributed by atoms with Crippen LogP contribution in [-0.2, 0) is 20.8 Å².